The van der Waals surface area contributed by atoms with Crippen molar-refractivity contribution < 1.29 is 27.7 Å². The van der Waals surface area contributed by atoms with Crippen molar-refractivity contribution in [3.8, 4) is 40.3 Å². The molecule has 0 atom stereocenters. The van der Waals surface area contributed by atoms with E-state index in [4.69, 9.17) is 19.2 Å². The van der Waals surface area contributed by atoms with Crippen LogP contribution in [0.2, 0.25) is 0 Å². The molecule has 5 rings (SSSR count). The average Bonchev–Trinajstić information content (AvgIpc) is 3.32. The van der Waals surface area contributed by atoms with Crippen molar-refractivity contribution in [2.45, 2.75) is 18.4 Å². The van der Waals surface area contributed by atoms with Crippen LogP contribution in [0.15, 0.2) is 54.9 Å². The lowest BCUT2D eigenvalue weighted by molar-refractivity contribution is 0.327. The standard InChI is InChI=1S/C26H25N7O6S/c1-4-39-23-10-5-7-18(29-23)26-30-25-19(33(26)24-20(37-2)8-6-9-21(24)38-3)11-16(31-32-25)14-40(35,36)15-22-27-12-17(34)13-28-22/h5-13,34H,4,14-15H2,1-3H3. The van der Waals surface area contributed by atoms with Crippen molar-refractivity contribution in [2.75, 3.05) is 20.8 Å². The molecule has 4 heterocycles. The predicted molar refractivity (Wildman–Crippen MR) is 144 cm³/mol. The second-order valence-corrected chi connectivity index (χ2v) is 10.6. The topological polar surface area (TPSA) is 164 Å². The third-order valence-electron chi connectivity index (χ3n) is 5.75. The SMILES string of the molecule is CCOc1cccc(-c2nc3nnc(CS(=O)(=O)Cc4ncc(O)cn4)cc3n2-c2c(OC)cccc2OC)n1. The highest BCUT2D eigenvalue weighted by molar-refractivity contribution is 7.89. The average molecular weight is 564 g/mol. The van der Waals surface area contributed by atoms with Gasteiger partial charge in [-0.2, -0.15) is 5.10 Å². The molecule has 0 aliphatic carbocycles. The van der Waals surface area contributed by atoms with Crippen LogP contribution < -0.4 is 14.2 Å². The zero-order chi connectivity index (χ0) is 28.3. The number of pyridine rings is 1. The lowest BCUT2D eigenvalue weighted by Crippen LogP contribution is -2.11. The molecular weight excluding hydrogens is 538 g/mol. The van der Waals surface area contributed by atoms with E-state index in [9.17, 15) is 13.5 Å². The summed E-state index contributed by atoms with van der Waals surface area (Å²) in [6, 6.07) is 12.3. The van der Waals surface area contributed by atoms with Crippen molar-refractivity contribution in [3.63, 3.8) is 0 Å². The Bertz CT molecular complexity index is 1750. The predicted octanol–water partition coefficient (Wildman–Crippen LogP) is 2.90. The van der Waals surface area contributed by atoms with E-state index < -0.39 is 21.3 Å². The molecule has 1 N–H and O–H groups in total. The van der Waals surface area contributed by atoms with E-state index in [1.54, 1.807) is 47.0 Å². The fourth-order valence-corrected chi connectivity index (χ4v) is 5.34. The van der Waals surface area contributed by atoms with Crippen LogP contribution >= 0.6 is 0 Å². The molecule has 206 valence electrons. The lowest BCUT2D eigenvalue weighted by Gasteiger charge is -2.16. The summed E-state index contributed by atoms with van der Waals surface area (Å²) in [7, 11) is -0.675. The molecule has 0 saturated carbocycles. The molecule has 4 aromatic heterocycles. The van der Waals surface area contributed by atoms with Gasteiger partial charge in [-0.05, 0) is 31.2 Å². The van der Waals surface area contributed by atoms with Gasteiger partial charge >= 0.3 is 0 Å². The number of imidazole rings is 1. The molecule has 0 bridgehead atoms. The third kappa shape index (κ3) is 5.47. The van der Waals surface area contributed by atoms with Crippen LogP contribution in [0.3, 0.4) is 0 Å². The maximum Gasteiger partial charge on any atom is 0.213 e. The quantitative estimate of drug-likeness (QED) is 0.264. The molecule has 0 unspecified atom stereocenters. The number of methoxy groups -OCH3 is 2. The van der Waals surface area contributed by atoms with Crippen molar-refractivity contribution in [2.24, 2.45) is 0 Å². The highest BCUT2D eigenvalue weighted by atomic mass is 32.2. The van der Waals surface area contributed by atoms with E-state index in [1.807, 2.05) is 6.92 Å². The van der Waals surface area contributed by atoms with Crippen molar-refractivity contribution in [1.82, 2.24) is 34.7 Å². The summed E-state index contributed by atoms with van der Waals surface area (Å²) in [5, 5.41) is 17.7. The molecule has 5 aromatic rings. The number of para-hydroxylation sites is 1. The molecule has 0 spiro atoms. The van der Waals surface area contributed by atoms with Gasteiger partial charge in [0.1, 0.15) is 34.5 Å². The number of fused-ring (bicyclic) bond motifs is 1. The summed E-state index contributed by atoms with van der Waals surface area (Å²) in [4.78, 5) is 17.0. The van der Waals surface area contributed by atoms with Crippen molar-refractivity contribution >= 4 is 21.0 Å². The number of hydrogen-bond donors (Lipinski definition) is 1. The molecule has 1 aromatic carbocycles. The second-order valence-electron chi connectivity index (χ2n) is 8.51. The van der Waals surface area contributed by atoms with Gasteiger partial charge in [-0.1, -0.05) is 12.1 Å². The van der Waals surface area contributed by atoms with Crippen LogP contribution in [0, 0.1) is 0 Å². The second kappa shape index (κ2) is 11.1. The zero-order valence-electron chi connectivity index (χ0n) is 21.8. The molecule has 13 nitrogen and oxygen atoms in total. The molecule has 0 radical (unpaired) electrons. The maximum absolute atomic E-state index is 13.0. The summed E-state index contributed by atoms with van der Waals surface area (Å²) in [5.41, 5.74) is 1.91. The number of nitrogens with zero attached hydrogens (tertiary/aromatic N) is 7. The third-order valence-corrected chi connectivity index (χ3v) is 7.18. The summed E-state index contributed by atoms with van der Waals surface area (Å²) in [6.07, 6.45) is 2.28. The van der Waals surface area contributed by atoms with E-state index >= 15 is 0 Å². The summed E-state index contributed by atoms with van der Waals surface area (Å²) in [6.45, 7) is 2.30. The van der Waals surface area contributed by atoms with Crippen LogP contribution in [0.4, 0.5) is 0 Å². The Morgan fingerprint density at radius 1 is 0.925 bits per heavy atom. The molecule has 0 amide bonds. The van der Waals surface area contributed by atoms with E-state index in [0.29, 0.717) is 46.7 Å². The fraction of sp³-hybridized carbons (Fsp3) is 0.231. The van der Waals surface area contributed by atoms with Crippen molar-refractivity contribution in [3.05, 3.63) is 66.4 Å². The number of aromatic nitrogens is 7. The minimum Gasteiger partial charge on any atom is -0.505 e. The minimum absolute atomic E-state index is 0.0539. The van der Waals surface area contributed by atoms with Gasteiger partial charge in [0.25, 0.3) is 0 Å². The van der Waals surface area contributed by atoms with Gasteiger partial charge in [0.2, 0.25) is 11.5 Å². The van der Waals surface area contributed by atoms with Gasteiger partial charge in [-0.25, -0.2) is 28.4 Å². The first-order valence-electron chi connectivity index (χ1n) is 12.1. The van der Waals surface area contributed by atoms with Crippen LogP contribution in [0.1, 0.15) is 18.4 Å². The Labute approximate surface area is 229 Å². The Balaban J connectivity index is 1.66. The van der Waals surface area contributed by atoms with Gasteiger partial charge in [-0.15, -0.1) is 5.10 Å². The highest BCUT2D eigenvalue weighted by Crippen LogP contribution is 2.38. The van der Waals surface area contributed by atoms with Gasteiger partial charge in [-0.3, -0.25) is 4.57 Å². The number of rotatable bonds is 10. The molecule has 0 aliphatic heterocycles. The van der Waals surface area contributed by atoms with Crippen LogP contribution in [0.25, 0.3) is 28.4 Å². The first-order chi connectivity index (χ1) is 19.3. The minimum atomic E-state index is -3.75. The number of hydrogen-bond acceptors (Lipinski definition) is 12. The number of benzene rings is 1. The summed E-state index contributed by atoms with van der Waals surface area (Å²) in [5.74, 6) is 0.805. The fourth-order valence-electron chi connectivity index (χ4n) is 4.11. The van der Waals surface area contributed by atoms with Gasteiger partial charge in [0.15, 0.2) is 21.4 Å². The molecule has 0 aliphatic rings. The Morgan fingerprint density at radius 2 is 1.62 bits per heavy atom. The Morgan fingerprint density at radius 3 is 2.30 bits per heavy atom. The molecule has 14 heteroatoms. The van der Waals surface area contributed by atoms with E-state index in [1.165, 1.54) is 14.2 Å². The monoisotopic (exact) mass is 563 g/mol. The molecule has 0 fully saturated rings. The maximum atomic E-state index is 13.0. The van der Waals surface area contributed by atoms with Crippen LogP contribution in [-0.4, -0.2) is 69.1 Å². The largest absolute Gasteiger partial charge is 0.505 e. The van der Waals surface area contributed by atoms with E-state index in [2.05, 4.69) is 25.1 Å². The van der Waals surface area contributed by atoms with Crippen molar-refractivity contribution in [1.29, 1.82) is 0 Å². The Hall–Kier alpha value is -4.85. The van der Waals surface area contributed by atoms with Crippen LogP contribution in [-0.2, 0) is 21.3 Å². The molecule has 0 saturated heterocycles. The van der Waals surface area contributed by atoms with Gasteiger partial charge < -0.3 is 19.3 Å². The van der Waals surface area contributed by atoms with E-state index in [-0.39, 0.29) is 22.9 Å². The summed E-state index contributed by atoms with van der Waals surface area (Å²) < 4.78 is 44.6. The number of ether oxygens (including phenoxy) is 3. The zero-order valence-corrected chi connectivity index (χ0v) is 22.7. The lowest BCUT2D eigenvalue weighted by atomic mass is 10.2. The Kier molecular flexibility index (Phi) is 7.42. The van der Waals surface area contributed by atoms with Gasteiger partial charge in [0, 0.05) is 6.07 Å². The molecular formula is C26H25N7O6S. The van der Waals surface area contributed by atoms with Gasteiger partial charge in [0.05, 0.1) is 50.2 Å². The number of sulfone groups is 1. The molecule has 40 heavy (non-hydrogen) atoms. The smallest absolute Gasteiger partial charge is 0.213 e. The normalized spacial score (nSPS) is 11.5. The highest BCUT2D eigenvalue weighted by Gasteiger charge is 2.24. The summed E-state index contributed by atoms with van der Waals surface area (Å²) >= 11 is 0. The van der Waals surface area contributed by atoms with Crippen LogP contribution in [0.5, 0.6) is 23.1 Å². The van der Waals surface area contributed by atoms with E-state index in [0.717, 1.165) is 12.4 Å². The first kappa shape index (κ1) is 26.7. The number of aromatic hydroxyl groups is 1. The first-order valence-corrected chi connectivity index (χ1v) is 13.9.